The van der Waals surface area contributed by atoms with Gasteiger partial charge in [0.1, 0.15) is 18.2 Å². The van der Waals surface area contributed by atoms with Crippen molar-refractivity contribution < 1.29 is 4.74 Å². The van der Waals surface area contributed by atoms with Crippen LogP contribution in [0.5, 0.6) is 0 Å². The van der Waals surface area contributed by atoms with Crippen LogP contribution in [0.3, 0.4) is 0 Å². The van der Waals surface area contributed by atoms with Crippen molar-refractivity contribution in [3.05, 3.63) is 83.2 Å². The fourth-order valence-electron chi connectivity index (χ4n) is 5.00. The maximum absolute atomic E-state index is 10.1. The van der Waals surface area contributed by atoms with Crippen LogP contribution < -0.4 is 15.6 Å². The van der Waals surface area contributed by atoms with Crippen LogP contribution in [-0.4, -0.2) is 42.7 Å². The maximum Gasteiger partial charge on any atom is 0.127 e. The van der Waals surface area contributed by atoms with E-state index in [1.54, 1.807) is 5.01 Å². The zero-order valence-electron chi connectivity index (χ0n) is 21.0. The number of benzene rings is 2. The van der Waals surface area contributed by atoms with Gasteiger partial charge in [-0.2, -0.15) is 15.6 Å². The third kappa shape index (κ3) is 4.61. The van der Waals surface area contributed by atoms with Crippen molar-refractivity contribution >= 4 is 23.2 Å². The van der Waals surface area contributed by atoms with E-state index < -0.39 is 12.1 Å². The molecule has 37 heavy (non-hydrogen) atoms. The first-order valence-corrected chi connectivity index (χ1v) is 12.3. The van der Waals surface area contributed by atoms with E-state index in [0.29, 0.717) is 11.3 Å². The number of aromatic nitrogens is 1. The SMILES string of the molecule is Cc1cc(/C=C(/C#N)C2=NN(c3ccccc3)[C@@H](N)[C@@H]2C#N)c(C)n1-c1ccc(N2CCOCC2)cc1. The molecule has 0 aliphatic carbocycles. The van der Waals surface area contributed by atoms with Gasteiger partial charge in [-0.3, -0.25) is 0 Å². The molecule has 1 aromatic heterocycles. The van der Waals surface area contributed by atoms with Crippen LogP contribution >= 0.6 is 0 Å². The van der Waals surface area contributed by atoms with E-state index in [9.17, 15) is 10.5 Å². The first kappa shape index (κ1) is 24.3. The molecule has 0 bridgehead atoms. The highest BCUT2D eigenvalue weighted by Crippen LogP contribution is 2.30. The van der Waals surface area contributed by atoms with Crippen molar-refractivity contribution in [2.24, 2.45) is 16.8 Å². The van der Waals surface area contributed by atoms with Gasteiger partial charge in [-0.1, -0.05) is 18.2 Å². The first-order valence-electron chi connectivity index (χ1n) is 12.3. The Kier molecular flexibility index (Phi) is 6.78. The Hall–Kier alpha value is -4.37. The molecule has 186 valence electrons. The fraction of sp³-hybridized carbons (Fsp3) is 0.276. The summed E-state index contributed by atoms with van der Waals surface area (Å²) in [5.74, 6) is -0.720. The number of nitriles is 2. The number of aryl methyl sites for hydroxylation is 1. The molecule has 1 fully saturated rings. The smallest absolute Gasteiger partial charge is 0.127 e. The Morgan fingerprint density at radius 1 is 1.00 bits per heavy atom. The van der Waals surface area contributed by atoms with Gasteiger partial charge in [-0.15, -0.1) is 0 Å². The van der Waals surface area contributed by atoms with Crippen molar-refractivity contribution in [2.75, 3.05) is 36.2 Å². The van der Waals surface area contributed by atoms with Crippen molar-refractivity contribution in [1.29, 1.82) is 10.5 Å². The van der Waals surface area contributed by atoms with Crippen molar-refractivity contribution in [1.82, 2.24) is 4.57 Å². The normalized spacial score (nSPS) is 19.9. The van der Waals surface area contributed by atoms with E-state index in [0.717, 1.165) is 54.6 Å². The third-order valence-corrected chi connectivity index (χ3v) is 6.94. The van der Waals surface area contributed by atoms with E-state index in [2.05, 4.69) is 51.0 Å². The summed E-state index contributed by atoms with van der Waals surface area (Å²) in [5, 5.41) is 26.2. The molecule has 2 aliphatic heterocycles. The van der Waals surface area contributed by atoms with Crippen LogP contribution in [0.2, 0.25) is 0 Å². The lowest BCUT2D eigenvalue weighted by atomic mass is 9.95. The molecule has 0 saturated carbocycles. The number of morpholine rings is 1. The number of allylic oxidation sites excluding steroid dienone is 1. The number of hydrogen-bond donors (Lipinski definition) is 1. The molecule has 0 amide bonds. The number of hydrazone groups is 1. The van der Waals surface area contributed by atoms with Gasteiger partial charge in [-0.25, -0.2) is 5.01 Å². The molecule has 8 heteroatoms. The molecule has 1 saturated heterocycles. The zero-order valence-corrected chi connectivity index (χ0v) is 21.0. The molecular weight excluding hydrogens is 462 g/mol. The average molecular weight is 492 g/mol. The Morgan fingerprint density at radius 2 is 1.68 bits per heavy atom. The largest absolute Gasteiger partial charge is 0.378 e. The molecule has 8 nitrogen and oxygen atoms in total. The Morgan fingerprint density at radius 3 is 2.32 bits per heavy atom. The van der Waals surface area contributed by atoms with E-state index in [-0.39, 0.29) is 0 Å². The van der Waals surface area contributed by atoms with Gasteiger partial charge in [-0.05, 0) is 68.0 Å². The quantitative estimate of drug-likeness (QED) is 0.538. The van der Waals surface area contributed by atoms with E-state index in [4.69, 9.17) is 10.5 Å². The first-order chi connectivity index (χ1) is 18.0. The second-order valence-electron chi connectivity index (χ2n) is 9.21. The number of ether oxygens (including phenoxy) is 1. The van der Waals surface area contributed by atoms with Gasteiger partial charge >= 0.3 is 0 Å². The maximum atomic E-state index is 10.1. The summed E-state index contributed by atoms with van der Waals surface area (Å²) >= 11 is 0. The highest BCUT2D eigenvalue weighted by molar-refractivity contribution is 6.11. The number of nitrogens with two attached hydrogens (primary N) is 1. The van der Waals surface area contributed by atoms with Gasteiger partial charge in [0.05, 0.1) is 36.3 Å². The molecule has 2 aliphatic rings. The lowest BCUT2D eigenvalue weighted by Gasteiger charge is -2.29. The van der Waals surface area contributed by atoms with Crippen LogP contribution in [0.4, 0.5) is 11.4 Å². The topological polar surface area (TPSA) is 107 Å². The van der Waals surface area contributed by atoms with Crippen LogP contribution in [0.1, 0.15) is 17.0 Å². The van der Waals surface area contributed by atoms with Crippen molar-refractivity contribution in [3.8, 4) is 17.8 Å². The van der Waals surface area contributed by atoms with Gasteiger partial charge in [0.15, 0.2) is 0 Å². The van der Waals surface area contributed by atoms with Gasteiger partial charge in [0, 0.05) is 35.9 Å². The molecule has 2 aromatic carbocycles. The molecule has 2 N–H and O–H groups in total. The minimum Gasteiger partial charge on any atom is -0.378 e. The Labute approximate surface area is 217 Å². The Bertz CT molecular complexity index is 1420. The van der Waals surface area contributed by atoms with Crippen LogP contribution in [-0.2, 0) is 4.74 Å². The lowest BCUT2D eigenvalue weighted by molar-refractivity contribution is 0.122. The molecule has 3 aromatic rings. The summed E-state index contributed by atoms with van der Waals surface area (Å²) in [4.78, 5) is 2.33. The number of hydrogen-bond acceptors (Lipinski definition) is 7. The number of para-hydroxylation sites is 1. The second-order valence-corrected chi connectivity index (χ2v) is 9.21. The summed E-state index contributed by atoms with van der Waals surface area (Å²) in [6.45, 7) is 7.37. The average Bonchev–Trinajstić information content (AvgIpc) is 3.42. The highest BCUT2D eigenvalue weighted by atomic mass is 16.5. The summed E-state index contributed by atoms with van der Waals surface area (Å²) < 4.78 is 7.64. The van der Waals surface area contributed by atoms with E-state index in [1.807, 2.05) is 56.3 Å². The van der Waals surface area contributed by atoms with E-state index >= 15 is 0 Å². The predicted octanol–water partition coefficient (Wildman–Crippen LogP) is 4.14. The molecule has 0 spiro atoms. The third-order valence-electron chi connectivity index (χ3n) is 6.94. The highest BCUT2D eigenvalue weighted by Gasteiger charge is 2.37. The monoisotopic (exact) mass is 491 g/mol. The molecule has 5 rings (SSSR count). The van der Waals surface area contributed by atoms with Gasteiger partial charge in [0.2, 0.25) is 0 Å². The van der Waals surface area contributed by atoms with Crippen molar-refractivity contribution in [2.45, 2.75) is 20.0 Å². The Balaban J connectivity index is 1.47. The number of anilines is 2. The fourth-order valence-corrected chi connectivity index (χ4v) is 5.00. The lowest BCUT2D eigenvalue weighted by Crippen LogP contribution is -2.40. The molecule has 0 unspecified atom stereocenters. The van der Waals surface area contributed by atoms with Crippen molar-refractivity contribution in [3.63, 3.8) is 0 Å². The van der Waals surface area contributed by atoms with Crippen LogP contribution in [0.25, 0.3) is 11.8 Å². The summed E-state index contributed by atoms with van der Waals surface area (Å²) in [6, 6.07) is 24.5. The molecule has 2 atom stereocenters. The molecular formula is C29H29N7O. The number of nitrogens with zero attached hydrogens (tertiary/aromatic N) is 6. The summed E-state index contributed by atoms with van der Waals surface area (Å²) in [5.41, 5.74) is 13.1. The van der Waals surface area contributed by atoms with E-state index in [1.165, 1.54) is 5.69 Å². The van der Waals surface area contributed by atoms with Crippen LogP contribution in [0, 0.1) is 42.4 Å². The molecule has 0 radical (unpaired) electrons. The summed E-state index contributed by atoms with van der Waals surface area (Å²) in [6.07, 6.45) is 1.14. The van der Waals surface area contributed by atoms with Crippen LogP contribution in [0.15, 0.2) is 71.3 Å². The predicted molar refractivity (Wildman–Crippen MR) is 145 cm³/mol. The second kappa shape index (κ2) is 10.3. The van der Waals surface area contributed by atoms with Gasteiger partial charge < -0.3 is 19.9 Å². The minimum absolute atomic E-state index is 0.336. The minimum atomic E-state index is -0.720. The number of rotatable bonds is 5. The summed E-state index contributed by atoms with van der Waals surface area (Å²) in [7, 11) is 0. The standard InChI is InChI=1S/C29H29N7O/c1-20-16-22(21(2)35(20)25-10-8-24(9-11-25)34-12-14-37-15-13-34)17-23(18-30)28-27(19-31)29(32)36(33-28)26-6-4-3-5-7-26/h3-11,16-17,27,29H,12-15,32H2,1-2H3/b23-17-/t27-,29-/m1/s1. The molecule has 3 heterocycles. The van der Waals surface area contributed by atoms with Gasteiger partial charge in [0.25, 0.3) is 0 Å². The zero-order chi connectivity index (χ0) is 25.9.